The van der Waals surface area contributed by atoms with E-state index in [0.29, 0.717) is 21.3 Å². The molecule has 0 saturated heterocycles. The van der Waals surface area contributed by atoms with Gasteiger partial charge >= 0.3 is 0 Å². The van der Waals surface area contributed by atoms with Crippen molar-refractivity contribution >= 4 is 39.9 Å². The van der Waals surface area contributed by atoms with Crippen molar-refractivity contribution < 1.29 is 4.79 Å². The number of carbonyl (C=O) groups is 1. The molecule has 5 rings (SSSR count). The highest BCUT2D eigenvalue weighted by molar-refractivity contribution is 6.34. The summed E-state index contributed by atoms with van der Waals surface area (Å²) in [5.74, 6) is -0.892. The lowest BCUT2D eigenvalue weighted by atomic mass is 9.86. The summed E-state index contributed by atoms with van der Waals surface area (Å²) in [6.07, 6.45) is 5.33. The molecule has 7 heteroatoms. The molecule has 1 unspecified atom stereocenters. The van der Waals surface area contributed by atoms with Gasteiger partial charge in [0.1, 0.15) is 0 Å². The predicted molar refractivity (Wildman–Crippen MR) is 133 cm³/mol. The van der Waals surface area contributed by atoms with Crippen LogP contribution in [0.1, 0.15) is 71.4 Å². The number of H-pyrrole nitrogens is 2. The first-order chi connectivity index (χ1) is 15.9. The van der Waals surface area contributed by atoms with Crippen LogP contribution in [-0.2, 0) is 0 Å². The average molecular weight is 482 g/mol. The van der Waals surface area contributed by atoms with E-state index in [0.717, 1.165) is 47.8 Å². The summed E-state index contributed by atoms with van der Waals surface area (Å²) in [5, 5.41) is 5.14. The Morgan fingerprint density at radius 1 is 1.06 bits per heavy atom. The molecular formula is C26H25Cl2N3O2. The van der Waals surface area contributed by atoms with Gasteiger partial charge in [-0.25, -0.2) is 4.68 Å². The van der Waals surface area contributed by atoms with E-state index in [2.05, 4.69) is 10.1 Å². The van der Waals surface area contributed by atoms with Crippen LogP contribution in [0.5, 0.6) is 0 Å². The van der Waals surface area contributed by atoms with Crippen molar-refractivity contribution in [3.8, 4) is 0 Å². The first-order valence-electron chi connectivity index (χ1n) is 11.3. The number of aromatic nitrogens is 3. The third-order valence-corrected chi connectivity index (χ3v) is 7.27. The average Bonchev–Trinajstić information content (AvgIpc) is 3.34. The molecule has 2 heterocycles. The molecule has 1 fully saturated rings. The molecule has 0 aliphatic heterocycles. The number of ketones is 1. The number of benzene rings is 2. The van der Waals surface area contributed by atoms with Gasteiger partial charge < -0.3 is 4.98 Å². The monoisotopic (exact) mass is 481 g/mol. The van der Waals surface area contributed by atoms with Crippen molar-refractivity contribution in [2.24, 2.45) is 0 Å². The zero-order valence-corrected chi connectivity index (χ0v) is 19.8. The molecule has 2 aromatic carbocycles. The Morgan fingerprint density at radius 3 is 2.58 bits per heavy atom. The molecular weight excluding hydrogens is 457 g/mol. The van der Waals surface area contributed by atoms with Crippen LogP contribution in [0.2, 0.25) is 10.0 Å². The Hall–Kier alpha value is -2.76. The lowest BCUT2D eigenvalue weighted by molar-refractivity contribution is 0.0972. The number of aryl methyl sites for hydroxylation is 1. The van der Waals surface area contributed by atoms with Gasteiger partial charge in [-0.3, -0.25) is 14.7 Å². The lowest BCUT2D eigenvalue weighted by Gasteiger charge is -2.22. The minimum Gasteiger partial charge on any atom is -0.358 e. The van der Waals surface area contributed by atoms with E-state index < -0.39 is 5.92 Å². The SMILES string of the molecule is Cc1[nH]c2ccc(Cl)cc2c1C(C(=O)c1ccccc1Cl)c1cc(=O)n(C2CCCCC2)[nH]1. The summed E-state index contributed by atoms with van der Waals surface area (Å²) in [4.78, 5) is 30.4. The van der Waals surface area contributed by atoms with Crippen LogP contribution in [0, 0.1) is 6.92 Å². The summed E-state index contributed by atoms with van der Waals surface area (Å²) in [6, 6.07) is 14.3. The Balaban J connectivity index is 1.71. The number of fused-ring (bicyclic) bond motifs is 1. The molecule has 1 aliphatic rings. The fourth-order valence-corrected chi connectivity index (χ4v) is 5.52. The maximum Gasteiger partial charge on any atom is 0.267 e. The van der Waals surface area contributed by atoms with Gasteiger partial charge in [-0.15, -0.1) is 0 Å². The lowest BCUT2D eigenvalue weighted by Crippen LogP contribution is -2.24. The van der Waals surface area contributed by atoms with Crippen molar-refractivity contribution in [3.05, 3.63) is 91.4 Å². The van der Waals surface area contributed by atoms with Crippen molar-refractivity contribution in [2.75, 3.05) is 0 Å². The molecule has 1 atom stereocenters. The maximum absolute atomic E-state index is 14.0. The zero-order valence-electron chi connectivity index (χ0n) is 18.3. The zero-order chi connectivity index (χ0) is 23.1. The summed E-state index contributed by atoms with van der Waals surface area (Å²) in [7, 11) is 0. The van der Waals surface area contributed by atoms with E-state index in [9.17, 15) is 9.59 Å². The van der Waals surface area contributed by atoms with Crippen LogP contribution in [0.4, 0.5) is 0 Å². The van der Waals surface area contributed by atoms with Crippen LogP contribution in [0.15, 0.2) is 53.3 Å². The summed E-state index contributed by atoms with van der Waals surface area (Å²) < 4.78 is 1.71. The fraction of sp³-hybridized carbons (Fsp3) is 0.308. The highest BCUT2D eigenvalue weighted by Gasteiger charge is 2.32. The topological polar surface area (TPSA) is 70.7 Å². The van der Waals surface area contributed by atoms with Gasteiger partial charge in [0.25, 0.3) is 5.56 Å². The van der Waals surface area contributed by atoms with Gasteiger partial charge in [-0.1, -0.05) is 54.6 Å². The van der Waals surface area contributed by atoms with Gasteiger partial charge in [0, 0.05) is 33.2 Å². The number of aromatic amines is 2. The Kier molecular flexibility index (Phi) is 5.94. The molecule has 0 amide bonds. The van der Waals surface area contributed by atoms with Gasteiger partial charge in [-0.2, -0.15) is 0 Å². The van der Waals surface area contributed by atoms with Crippen LogP contribution >= 0.6 is 23.2 Å². The third-order valence-electron chi connectivity index (χ3n) is 6.70. The van der Waals surface area contributed by atoms with Gasteiger partial charge in [-0.05, 0) is 55.7 Å². The number of halogens is 2. The predicted octanol–water partition coefficient (Wildman–Crippen LogP) is 6.79. The molecule has 0 spiro atoms. The van der Waals surface area contributed by atoms with Crippen LogP contribution in [-0.4, -0.2) is 20.5 Å². The molecule has 4 aromatic rings. The van der Waals surface area contributed by atoms with Gasteiger partial charge in [0.05, 0.1) is 22.7 Å². The number of carbonyl (C=O) groups excluding carboxylic acids is 1. The second kappa shape index (κ2) is 8.88. The smallest absolute Gasteiger partial charge is 0.267 e. The van der Waals surface area contributed by atoms with Crippen LogP contribution in [0.25, 0.3) is 10.9 Å². The van der Waals surface area contributed by atoms with E-state index in [-0.39, 0.29) is 17.4 Å². The number of hydrogen-bond acceptors (Lipinski definition) is 2. The van der Waals surface area contributed by atoms with Crippen LogP contribution < -0.4 is 5.56 Å². The molecule has 33 heavy (non-hydrogen) atoms. The quantitative estimate of drug-likeness (QED) is 0.308. The summed E-state index contributed by atoms with van der Waals surface area (Å²) >= 11 is 12.7. The highest BCUT2D eigenvalue weighted by atomic mass is 35.5. The Bertz CT molecular complexity index is 1390. The molecule has 1 aliphatic carbocycles. The first kappa shape index (κ1) is 22.1. The molecule has 0 bridgehead atoms. The van der Waals surface area contributed by atoms with Gasteiger partial charge in [0.15, 0.2) is 5.78 Å². The Morgan fingerprint density at radius 2 is 1.82 bits per heavy atom. The molecule has 170 valence electrons. The van der Waals surface area contributed by atoms with E-state index in [1.807, 2.05) is 25.1 Å². The third kappa shape index (κ3) is 4.04. The number of rotatable bonds is 5. The number of nitrogens with one attached hydrogen (secondary N) is 2. The van der Waals surface area contributed by atoms with Gasteiger partial charge in [0.2, 0.25) is 0 Å². The maximum atomic E-state index is 14.0. The van der Waals surface area contributed by atoms with Crippen molar-refractivity contribution in [1.82, 2.24) is 14.8 Å². The fourth-order valence-electron chi connectivity index (χ4n) is 5.12. The minimum absolute atomic E-state index is 0.107. The highest BCUT2D eigenvalue weighted by Crippen LogP contribution is 2.38. The molecule has 5 nitrogen and oxygen atoms in total. The standard InChI is InChI=1S/C26H25Cl2N3O2/c1-15-24(19-13-16(27)11-12-21(19)29-15)25(26(33)18-9-5-6-10-20(18)28)22-14-23(32)31(30-22)17-7-3-2-4-8-17/h5-6,9-14,17,25,29-30H,2-4,7-8H2,1H3. The number of Topliss-reactive ketones (excluding diaryl/α,β-unsaturated/α-hetero) is 1. The van der Waals surface area contributed by atoms with E-state index >= 15 is 0 Å². The minimum atomic E-state index is -0.727. The van der Waals surface area contributed by atoms with Crippen molar-refractivity contribution in [3.63, 3.8) is 0 Å². The first-order valence-corrected chi connectivity index (χ1v) is 12.1. The van der Waals surface area contributed by atoms with E-state index in [1.54, 1.807) is 35.0 Å². The second-order valence-corrected chi connectivity index (χ2v) is 9.69. The van der Waals surface area contributed by atoms with Crippen molar-refractivity contribution in [1.29, 1.82) is 0 Å². The number of hydrogen-bond donors (Lipinski definition) is 2. The molecule has 1 saturated carbocycles. The molecule has 2 aromatic heterocycles. The molecule has 2 N–H and O–H groups in total. The second-order valence-electron chi connectivity index (χ2n) is 8.84. The van der Waals surface area contributed by atoms with E-state index in [4.69, 9.17) is 23.2 Å². The van der Waals surface area contributed by atoms with E-state index in [1.165, 1.54) is 6.42 Å². The largest absolute Gasteiger partial charge is 0.358 e. The van der Waals surface area contributed by atoms with Crippen molar-refractivity contribution in [2.45, 2.75) is 51.0 Å². The number of nitrogens with zero attached hydrogens (tertiary/aromatic N) is 1. The van der Waals surface area contributed by atoms with Crippen LogP contribution in [0.3, 0.4) is 0 Å². The Labute approximate surface area is 201 Å². The summed E-state index contributed by atoms with van der Waals surface area (Å²) in [6.45, 7) is 1.94. The normalized spacial score (nSPS) is 15.7. The summed E-state index contributed by atoms with van der Waals surface area (Å²) in [5.41, 5.74) is 3.42. The molecule has 0 radical (unpaired) electrons.